The Hall–Kier alpha value is -2.69. The highest BCUT2D eigenvalue weighted by molar-refractivity contribution is 6.06. The lowest BCUT2D eigenvalue weighted by Crippen LogP contribution is -2.13. The van der Waals surface area contributed by atoms with Crippen LogP contribution in [0.3, 0.4) is 0 Å². The Labute approximate surface area is 130 Å². The van der Waals surface area contributed by atoms with E-state index in [0.29, 0.717) is 17.1 Å². The van der Waals surface area contributed by atoms with Gasteiger partial charge in [0.05, 0.1) is 19.8 Å². The molecule has 0 spiro atoms. The van der Waals surface area contributed by atoms with Crippen LogP contribution in [0, 0.1) is 0 Å². The Morgan fingerprint density at radius 3 is 2.23 bits per heavy atom. The number of ether oxygens (including phenoxy) is 2. The minimum Gasteiger partial charge on any atom is -0.497 e. The maximum atomic E-state index is 12.4. The van der Waals surface area contributed by atoms with Crippen molar-refractivity contribution in [2.24, 2.45) is 0 Å². The van der Waals surface area contributed by atoms with Crippen LogP contribution in [0.2, 0.25) is 0 Å². The van der Waals surface area contributed by atoms with Crippen molar-refractivity contribution in [2.75, 3.05) is 38.5 Å². The minimum atomic E-state index is -0.225. The molecular weight excluding hydrogens is 280 g/mol. The minimum absolute atomic E-state index is 0.225. The molecule has 2 aromatic carbocycles. The highest BCUT2D eigenvalue weighted by Gasteiger charge is 2.13. The lowest BCUT2D eigenvalue weighted by Gasteiger charge is -2.14. The molecule has 22 heavy (non-hydrogen) atoms. The summed E-state index contributed by atoms with van der Waals surface area (Å²) in [4.78, 5) is 14.4. The van der Waals surface area contributed by atoms with E-state index in [1.807, 2.05) is 43.3 Å². The fourth-order valence-corrected chi connectivity index (χ4v) is 2.03. The zero-order valence-electron chi connectivity index (χ0n) is 13.2. The summed E-state index contributed by atoms with van der Waals surface area (Å²) in [5.74, 6) is 0.891. The first-order chi connectivity index (χ1) is 10.5. The van der Waals surface area contributed by atoms with Crippen LogP contribution in [0.15, 0.2) is 42.5 Å². The van der Waals surface area contributed by atoms with Gasteiger partial charge in [-0.2, -0.15) is 0 Å². The summed E-state index contributed by atoms with van der Waals surface area (Å²) in [7, 11) is 7.03. The number of nitrogens with zero attached hydrogens (tertiary/aromatic N) is 1. The molecule has 0 saturated carbocycles. The van der Waals surface area contributed by atoms with E-state index in [-0.39, 0.29) is 5.91 Å². The third-order valence-electron chi connectivity index (χ3n) is 3.29. The molecule has 1 N–H and O–H groups in total. The van der Waals surface area contributed by atoms with Gasteiger partial charge in [-0.1, -0.05) is 0 Å². The first kappa shape index (κ1) is 15.7. The van der Waals surface area contributed by atoms with Gasteiger partial charge >= 0.3 is 0 Å². The zero-order chi connectivity index (χ0) is 16.1. The number of anilines is 2. The molecule has 0 heterocycles. The van der Waals surface area contributed by atoms with Crippen molar-refractivity contribution in [2.45, 2.75) is 0 Å². The molecule has 0 unspecified atom stereocenters. The molecule has 0 radical (unpaired) electrons. The van der Waals surface area contributed by atoms with Gasteiger partial charge < -0.3 is 19.7 Å². The van der Waals surface area contributed by atoms with Gasteiger partial charge in [0.2, 0.25) is 0 Å². The van der Waals surface area contributed by atoms with Gasteiger partial charge in [0.25, 0.3) is 5.91 Å². The predicted molar refractivity (Wildman–Crippen MR) is 88.3 cm³/mol. The van der Waals surface area contributed by atoms with Crippen molar-refractivity contribution in [1.82, 2.24) is 0 Å². The molecule has 1 amide bonds. The molecule has 0 aliphatic carbocycles. The van der Waals surface area contributed by atoms with Gasteiger partial charge in [0.1, 0.15) is 11.5 Å². The summed E-state index contributed by atoms with van der Waals surface area (Å²) in [5, 5.41) is 2.86. The predicted octanol–water partition coefficient (Wildman–Crippen LogP) is 3.02. The first-order valence-corrected chi connectivity index (χ1v) is 6.86. The maximum Gasteiger partial charge on any atom is 0.259 e. The number of amides is 1. The van der Waals surface area contributed by atoms with Crippen molar-refractivity contribution in [3.8, 4) is 11.5 Å². The number of hydrogen-bond acceptors (Lipinski definition) is 4. The molecule has 0 saturated heterocycles. The van der Waals surface area contributed by atoms with Crippen molar-refractivity contribution in [3.63, 3.8) is 0 Å². The average Bonchev–Trinajstić information content (AvgIpc) is 2.54. The average molecular weight is 300 g/mol. The van der Waals surface area contributed by atoms with Crippen molar-refractivity contribution in [3.05, 3.63) is 48.0 Å². The molecule has 2 rings (SSSR count). The molecule has 2 aromatic rings. The summed E-state index contributed by atoms with van der Waals surface area (Å²) in [6.07, 6.45) is 0. The van der Waals surface area contributed by atoms with Gasteiger partial charge in [-0.3, -0.25) is 4.79 Å². The van der Waals surface area contributed by atoms with Crippen molar-refractivity contribution >= 4 is 17.3 Å². The van der Waals surface area contributed by atoms with E-state index in [2.05, 4.69) is 5.32 Å². The molecule has 0 aliphatic heterocycles. The van der Waals surface area contributed by atoms with Crippen LogP contribution >= 0.6 is 0 Å². The molecule has 5 nitrogen and oxygen atoms in total. The van der Waals surface area contributed by atoms with Crippen LogP contribution in [0.25, 0.3) is 0 Å². The second kappa shape index (κ2) is 6.85. The van der Waals surface area contributed by atoms with E-state index in [9.17, 15) is 4.79 Å². The zero-order valence-corrected chi connectivity index (χ0v) is 13.2. The number of carbonyl (C=O) groups is 1. The molecule has 116 valence electrons. The van der Waals surface area contributed by atoms with Gasteiger partial charge in [-0.25, -0.2) is 0 Å². The summed E-state index contributed by atoms with van der Waals surface area (Å²) in [5.41, 5.74) is 2.26. The smallest absolute Gasteiger partial charge is 0.259 e. The van der Waals surface area contributed by atoms with E-state index in [1.165, 1.54) is 7.11 Å². The van der Waals surface area contributed by atoms with Crippen LogP contribution < -0.4 is 19.7 Å². The summed E-state index contributed by atoms with van der Waals surface area (Å²) in [6, 6.07) is 12.7. The number of methoxy groups -OCH3 is 2. The number of nitrogens with one attached hydrogen (secondary N) is 1. The van der Waals surface area contributed by atoms with E-state index in [1.54, 1.807) is 25.3 Å². The third-order valence-corrected chi connectivity index (χ3v) is 3.29. The van der Waals surface area contributed by atoms with Gasteiger partial charge in [0.15, 0.2) is 0 Å². The SMILES string of the molecule is COc1ccc(C(=O)Nc2ccc(N(C)C)cc2)c(OC)c1. The third kappa shape index (κ3) is 3.49. The Bertz CT molecular complexity index is 651. The molecule has 0 aromatic heterocycles. The highest BCUT2D eigenvalue weighted by Crippen LogP contribution is 2.25. The highest BCUT2D eigenvalue weighted by atomic mass is 16.5. The fourth-order valence-electron chi connectivity index (χ4n) is 2.03. The van der Waals surface area contributed by atoms with Gasteiger partial charge in [0, 0.05) is 31.5 Å². The maximum absolute atomic E-state index is 12.4. The lowest BCUT2D eigenvalue weighted by molar-refractivity contribution is 0.102. The van der Waals surface area contributed by atoms with Crippen LogP contribution in [0.5, 0.6) is 11.5 Å². The first-order valence-electron chi connectivity index (χ1n) is 6.86. The topological polar surface area (TPSA) is 50.8 Å². The van der Waals surface area contributed by atoms with Gasteiger partial charge in [-0.15, -0.1) is 0 Å². The van der Waals surface area contributed by atoms with Crippen LogP contribution in [0.1, 0.15) is 10.4 Å². The van der Waals surface area contributed by atoms with Crippen LogP contribution in [-0.4, -0.2) is 34.2 Å². The monoisotopic (exact) mass is 300 g/mol. The number of benzene rings is 2. The number of carbonyl (C=O) groups excluding carboxylic acids is 1. The summed E-state index contributed by atoms with van der Waals surface area (Å²) >= 11 is 0. The van der Waals surface area contributed by atoms with Crippen LogP contribution in [-0.2, 0) is 0 Å². The van der Waals surface area contributed by atoms with E-state index < -0.39 is 0 Å². The second-order valence-electron chi connectivity index (χ2n) is 4.96. The Balaban J connectivity index is 2.18. The molecule has 0 aliphatic rings. The molecule has 0 atom stereocenters. The van der Waals surface area contributed by atoms with Gasteiger partial charge in [-0.05, 0) is 36.4 Å². The van der Waals surface area contributed by atoms with E-state index in [0.717, 1.165) is 11.4 Å². The molecule has 0 fully saturated rings. The standard InChI is InChI=1S/C17H20N2O3/c1-19(2)13-7-5-12(6-8-13)18-17(20)15-10-9-14(21-3)11-16(15)22-4/h5-11H,1-4H3,(H,18,20). The van der Waals surface area contributed by atoms with Crippen molar-refractivity contribution < 1.29 is 14.3 Å². The van der Waals surface area contributed by atoms with Crippen LogP contribution in [0.4, 0.5) is 11.4 Å². The Kier molecular flexibility index (Phi) is 4.88. The fraction of sp³-hybridized carbons (Fsp3) is 0.235. The molecule has 0 bridgehead atoms. The normalized spacial score (nSPS) is 10.0. The van der Waals surface area contributed by atoms with E-state index >= 15 is 0 Å². The summed E-state index contributed by atoms with van der Waals surface area (Å²) in [6.45, 7) is 0. The Morgan fingerprint density at radius 1 is 1.00 bits per heavy atom. The second-order valence-corrected chi connectivity index (χ2v) is 4.96. The number of hydrogen-bond donors (Lipinski definition) is 1. The van der Waals surface area contributed by atoms with Crippen molar-refractivity contribution in [1.29, 1.82) is 0 Å². The lowest BCUT2D eigenvalue weighted by atomic mass is 10.1. The van der Waals surface area contributed by atoms with E-state index in [4.69, 9.17) is 9.47 Å². The molecule has 5 heteroatoms. The molecular formula is C17H20N2O3. The Morgan fingerprint density at radius 2 is 1.68 bits per heavy atom. The number of rotatable bonds is 5. The largest absolute Gasteiger partial charge is 0.497 e. The summed E-state index contributed by atoms with van der Waals surface area (Å²) < 4.78 is 10.4. The quantitative estimate of drug-likeness (QED) is 0.922.